The molecule has 0 atom stereocenters. The van der Waals surface area contributed by atoms with E-state index in [1.54, 1.807) is 0 Å². The topological polar surface area (TPSA) is 0 Å². The molecule has 0 heteroatoms. The van der Waals surface area contributed by atoms with E-state index in [4.69, 9.17) is 0 Å². The van der Waals surface area contributed by atoms with Crippen molar-refractivity contribution in [1.82, 2.24) is 0 Å². The molecule has 0 bridgehead atoms. The van der Waals surface area contributed by atoms with Gasteiger partial charge in [-0.2, -0.15) is 0 Å². The van der Waals surface area contributed by atoms with Gasteiger partial charge in [-0.15, -0.1) is 0 Å². The van der Waals surface area contributed by atoms with Crippen LogP contribution in [0, 0.1) is 0 Å². The van der Waals surface area contributed by atoms with Crippen molar-refractivity contribution in [3.05, 3.63) is 206 Å². The lowest BCUT2D eigenvalue weighted by molar-refractivity contribution is 1.61. The first-order valence-corrected chi connectivity index (χ1v) is 19.3. The summed E-state index contributed by atoms with van der Waals surface area (Å²) in [7, 11) is 0. The number of hydrogen-bond donors (Lipinski definition) is 0. The van der Waals surface area contributed by atoms with E-state index in [-0.39, 0.29) is 0 Å². The van der Waals surface area contributed by atoms with Crippen molar-refractivity contribution < 1.29 is 0 Å². The summed E-state index contributed by atoms with van der Waals surface area (Å²) in [6, 6.07) is 67.5. The second kappa shape index (κ2) is 12.7. The Morgan fingerprint density at radius 2 is 0.679 bits per heavy atom. The Morgan fingerprint density at radius 1 is 0.250 bits per heavy atom. The second-order valence-electron chi connectivity index (χ2n) is 14.9. The minimum absolute atomic E-state index is 1.10. The number of rotatable bonds is 5. The molecule has 0 unspecified atom stereocenters. The van der Waals surface area contributed by atoms with Crippen LogP contribution >= 0.6 is 0 Å². The van der Waals surface area contributed by atoms with Crippen LogP contribution in [0.2, 0.25) is 0 Å². The fraction of sp³-hybridized carbons (Fsp3) is 0. The molecule has 11 aromatic carbocycles. The molecule has 0 N–H and O–H groups in total. The number of hydrogen-bond acceptors (Lipinski definition) is 0. The van der Waals surface area contributed by atoms with Gasteiger partial charge in [0.2, 0.25) is 0 Å². The molecule has 260 valence electrons. The Hall–Kier alpha value is -7.28. The minimum atomic E-state index is 1.10. The smallest absolute Gasteiger partial charge is 0.00928 e. The summed E-state index contributed by atoms with van der Waals surface area (Å²) < 4.78 is 0. The lowest BCUT2D eigenvalue weighted by atomic mass is 9.89. The lowest BCUT2D eigenvalue weighted by Gasteiger charge is -2.14. The second-order valence-corrected chi connectivity index (χ2v) is 14.9. The Labute approximate surface area is 325 Å². The molecule has 11 aromatic rings. The first-order chi connectivity index (χ1) is 27.6. The van der Waals surface area contributed by atoms with Crippen LogP contribution < -0.4 is 0 Å². The van der Waals surface area contributed by atoms with Gasteiger partial charge in [0.05, 0.1) is 0 Å². The lowest BCUT2D eigenvalue weighted by Crippen LogP contribution is -1.88. The minimum Gasteiger partial charge on any atom is -0.0984 e. The summed E-state index contributed by atoms with van der Waals surface area (Å²) in [6.45, 7) is 8.06. The highest BCUT2D eigenvalue weighted by atomic mass is 14.2. The molecule has 0 aromatic heterocycles. The van der Waals surface area contributed by atoms with Gasteiger partial charge in [-0.3, -0.25) is 0 Å². The fourth-order valence-electron chi connectivity index (χ4n) is 9.15. The zero-order valence-corrected chi connectivity index (χ0v) is 30.9. The largest absolute Gasteiger partial charge is 0.0984 e. The van der Waals surface area contributed by atoms with Gasteiger partial charge in [-0.1, -0.05) is 177 Å². The number of benzene rings is 11. The number of fused-ring (bicyclic) bond motifs is 12. The van der Waals surface area contributed by atoms with Crippen molar-refractivity contribution in [3.8, 4) is 33.4 Å². The summed E-state index contributed by atoms with van der Waals surface area (Å²) >= 11 is 0. The Morgan fingerprint density at radius 3 is 1.32 bits per heavy atom. The highest BCUT2D eigenvalue weighted by Crippen LogP contribution is 2.41. The quantitative estimate of drug-likeness (QED) is 0.156. The monoisotopic (exact) mass is 708 g/mol. The molecule has 0 radical (unpaired) electrons. The average Bonchev–Trinajstić information content (AvgIpc) is 3.27. The molecule has 0 amide bonds. The Kier molecular flexibility index (Phi) is 7.27. The first-order valence-electron chi connectivity index (χ1n) is 19.3. The maximum Gasteiger partial charge on any atom is -0.00928 e. The molecule has 0 spiro atoms. The van der Waals surface area contributed by atoms with Gasteiger partial charge in [-0.25, -0.2) is 0 Å². The van der Waals surface area contributed by atoms with Crippen molar-refractivity contribution in [2.45, 2.75) is 0 Å². The van der Waals surface area contributed by atoms with E-state index in [9.17, 15) is 0 Å². The molecular formula is C56H36. The summed E-state index contributed by atoms with van der Waals surface area (Å²) in [6.07, 6.45) is 3.83. The Bertz CT molecular complexity index is 3430. The van der Waals surface area contributed by atoms with Gasteiger partial charge < -0.3 is 0 Å². The van der Waals surface area contributed by atoms with Crippen molar-refractivity contribution in [3.63, 3.8) is 0 Å². The third-order valence-electron chi connectivity index (χ3n) is 12.0. The van der Waals surface area contributed by atoms with E-state index in [2.05, 4.69) is 195 Å². The van der Waals surface area contributed by atoms with Crippen LogP contribution in [0.15, 0.2) is 195 Å². The average molecular weight is 709 g/mol. The summed E-state index contributed by atoms with van der Waals surface area (Å²) in [4.78, 5) is 0. The van der Waals surface area contributed by atoms with Gasteiger partial charge in [-0.05, 0) is 150 Å². The van der Waals surface area contributed by atoms with Crippen molar-refractivity contribution in [2.75, 3.05) is 0 Å². The third-order valence-corrected chi connectivity index (χ3v) is 12.0. The summed E-state index contributed by atoms with van der Waals surface area (Å²) in [5, 5.41) is 17.7. The van der Waals surface area contributed by atoms with Crippen LogP contribution in [0.1, 0.15) is 11.1 Å². The van der Waals surface area contributed by atoms with Gasteiger partial charge in [0.1, 0.15) is 0 Å². The van der Waals surface area contributed by atoms with Gasteiger partial charge in [0.25, 0.3) is 0 Å². The third kappa shape index (κ3) is 5.00. The van der Waals surface area contributed by atoms with Crippen molar-refractivity contribution in [1.29, 1.82) is 0 Å². The highest BCUT2D eigenvalue weighted by Gasteiger charge is 2.13. The normalized spacial score (nSPS) is 11.7. The molecule has 0 saturated carbocycles. The molecule has 0 aliphatic carbocycles. The molecule has 0 saturated heterocycles. The highest BCUT2D eigenvalue weighted by molar-refractivity contribution is 6.26. The maximum absolute atomic E-state index is 4.07. The molecule has 0 fully saturated rings. The van der Waals surface area contributed by atoms with Crippen molar-refractivity contribution >= 4 is 87.6 Å². The van der Waals surface area contributed by atoms with Crippen molar-refractivity contribution in [2.24, 2.45) is 0 Å². The van der Waals surface area contributed by atoms with Crippen LogP contribution in [-0.2, 0) is 0 Å². The predicted octanol–water partition coefficient (Wildman–Crippen LogP) is 16.0. The van der Waals surface area contributed by atoms with Crippen LogP contribution in [-0.4, -0.2) is 0 Å². The standard InChI is InChI=1S/C56H36/c1-3-35-16-19-44-31-40(22-25-47(44)45(35)4-2)38-11-9-12-39(30-38)42-23-28-52-53-29-24-43(34-56(53)49-15-8-7-14-48(49)55(52)33-42)41-18-17-37-21-26-50-46-13-6-5-10-36(46)20-27-51(50)54(37)32-41/h3-34H,1-2H2. The van der Waals surface area contributed by atoms with Crippen LogP contribution in [0.5, 0.6) is 0 Å². The summed E-state index contributed by atoms with van der Waals surface area (Å²) in [5.41, 5.74) is 9.49. The zero-order chi connectivity index (χ0) is 37.3. The van der Waals surface area contributed by atoms with E-state index in [0.717, 1.165) is 11.1 Å². The predicted molar refractivity (Wildman–Crippen MR) is 245 cm³/mol. The molecule has 0 nitrogen and oxygen atoms in total. The molecule has 0 aliphatic heterocycles. The fourth-order valence-corrected chi connectivity index (χ4v) is 9.15. The van der Waals surface area contributed by atoms with Crippen LogP contribution in [0.4, 0.5) is 0 Å². The Balaban J connectivity index is 1.02. The van der Waals surface area contributed by atoms with Crippen LogP contribution in [0.3, 0.4) is 0 Å². The molecular weight excluding hydrogens is 673 g/mol. The first kappa shape index (κ1) is 32.2. The summed E-state index contributed by atoms with van der Waals surface area (Å²) in [5.74, 6) is 0. The molecule has 11 rings (SSSR count). The van der Waals surface area contributed by atoms with Gasteiger partial charge in [0, 0.05) is 0 Å². The van der Waals surface area contributed by atoms with E-state index in [0.29, 0.717) is 0 Å². The van der Waals surface area contributed by atoms with E-state index in [1.807, 2.05) is 12.2 Å². The van der Waals surface area contributed by atoms with E-state index < -0.39 is 0 Å². The molecule has 0 heterocycles. The molecule has 56 heavy (non-hydrogen) atoms. The zero-order valence-electron chi connectivity index (χ0n) is 30.9. The van der Waals surface area contributed by atoms with Crippen LogP contribution in [0.25, 0.3) is 121 Å². The van der Waals surface area contributed by atoms with E-state index >= 15 is 0 Å². The molecule has 0 aliphatic rings. The van der Waals surface area contributed by atoms with Gasteiger partial charge >= 0.3 is 0 Å². The van der Waals surface area contributed by atoms with E-state index in [1.165, 1.54) is 109 Å². The SMILES string of the molecule is C=Cc1ccc2cc(-c3cccc(-c4ccc5c6ccc(-c7ccc8ccc9c%10ccccc%10ccc9c8c7)cc6c6ccccc6c5c4)c3)ccc2c1C=C. The van der Waals surface area contributed by atoms with Gasteiger partial charge in [0.15, 0.2) is 0 Å². The maximum atomic E-state index is 4.07.